The second kappa shape index (κ2) is 12.6. The predicted molar refractivity (Wildman–Crippen MR) is 94.8 cm³/mol. The molecule has 0 unspecified atom stereocenters. The maximum absolute atomic E-state index is 11.1. The van der Waals surface area contributed by atoms with Gasteiger partial charge in [0.2, 0.25) is 0 Å². The first-order valence-electron chi connectivity index (χ1n) is 8.21. The molecule has 0 atom stereocenters. The van der Waals surface area contributed by atoms with Gasteiger partial charge in [-0.2, -0.15) is 0 Å². The molecule has 7 heteroatoms. The lowest BCUT2D eigenvalue weighted by Gasteiger charge is -2.21. The molecule has 1 fully saturated rings. The summed E-state index contributed by atoms with van der Waals surface area (Å²) in [5.41, 5.74) is 0.933. The summed E-state index contributed by atoms with van der Waals surface area (Å²) in [6.07, 6.45) is 8.04. The summed E-state index contributed by atoms with van der Waals surface area (Å²) in [4.78, 5) is 41.1. The van der Waals surface area contributed by atoms with Gasteiger partial charge >= 0.3 is 23.9 Å². The van der Waals surface area contributed by atoms with Crippen LogP contribution in [0.4, 0.5) is 0 Å². The van der Waals surface area contributed by atoms with Crippen LogP contribution in [0.2, 0.25) is 0 Å². The van der Waals surface area contributed by atoms with Gasteiger partial charge in [-0.15, -0.1) is 0 Å². The summed E-state index contributed by atoms with van der Waals surface area (Å²) in [5, 5.41) is 0. The molecule has 0 saturated heterocycles. The van der Waals surface area contributed by atoms with Gasteiger partial charge in [-0.25, -0.2) is 19.2 Å². The monoisotopic (exact) mass is 366 g/mol. The Balaban J connectivity index is 0.000000385. The molecule has 26 heavy (non-hydrogen) atoms. The lowest BCUT2D eigenvalue weighted by atomic mass is 9.98. The van der Waals surface area contributed by atoms with Gasteiger partial charge in [0.15, 0.2) is 0 Å². The van der Waals surface area contributed by atoms with Gasteiger partial charge in [0.25, 0.3) is 0 Å². The highest BCUT2D eigenvalue weighted by Crippen LogP contribution is 2.20. The Kier molecular flexibility index (Phi) is 11.3. The van der Waals surface area contributed by atoms with Gasteiger partial charge in [0, 0.05) is 23.3 Å². The third-order valence-electron chi connectivity index (χ3n) is 3.26. The summed E-state index contributed by atoms with van der Waals surface area (Å²) < 4.78 is 13.5. The number of hydrogen-bond donors (Lipinski definition) is 0. The molecule has 0 spiro atoms. The normalized spacial score (nSPS) is 15.5. The van der Waals surface area contributed by atoms with E-state index in [2.05, 4.69) is 22.6 Å². The molecular weight excluding hydrogens is 340 g/mol. The van der Waals surface area contributed by atoms with Crippen LogP contribution in [0.5, 0.6) is 0 Å². The van der Waals surface area contributed by atoms with Crippen LogP contribution in [0.15, 0.2) is 36.5 Å². The molecule has 0 radical (unpaired) electrons. The summed E-state index contributed by atoms with van der Waals surface area (Å²) in [7, 11) is 1.33. The maximum atomic E-state index is 11.1. The van der Waals surface area contributed by atoms with Gasteiger partial charge in [-0.05, 0) is 39.5 Å². The van der Waals surface area contributed by atoms with Crippen molar-refractivity contribution in [2.75, 3.05) is 7.11 Å². The van der Waals surface area contributed by atoms with E-state index in [1.807, 2.05) is 0 Å². The molecule has 0 aromatic heterocycles. The smallest absolute Gasteiger partial charge is 0.338 e. The van der Waals surface area contributed by atoms with E-state index in [-0.39, 0.29) is 18.0 Å². The SMILES string of the molecule is C=C(C)C(=O)OC.C=C(C)C(=O)OC1CCCCC1.O=C1C=CC(=O)O1. The van der Waals surface area contributed by atoms with E-state index in [9.17, 15) is 19.2 Å². The Hall–Kier alpha value is -2.70. The minimum absolute atomic E-state index is 0.156. The standard InChI is InChI=1S/C10H16O2.C5H8O2.C4H2O3/c1-8(2)10(11)12-9-6-4-3-5-7-9;1-4(2)5(6)7-3;5-3-1-2-4(6)7-3/h9H,1,3-7H2,2H3;1H2,2-3H3;1-2H. The van der Waals surface area contributed by atoms with Crippen LogP contribution in [0.25, 0.3) is 0 Å². The highest BCUT2D eigenvalue weighted by Gasteiger charge is 2.17. The van der Waals surface area contributed by atoms with Crippen LogP contribution in [0.3, 0.4) is 0 Å². The highest BCUT2D eigenvalue weighted by molar-refractivity contribution is 6.04. The fourth-order valence-electron chi connectivity index (χ4n) is 1.91. The zero-order valence-electron chi connectivity index (χ0n) is 15.5. The fourth-order valence-corrected chi connectivity index (χ4v) is 1.91. The number of methoxy groups -OCH3 is 1. The minimum Gasteiger partial charge on any atom is -0.466 e. The average Bonchev–Trinajstić information content (AvgIpc) is 2.99. The molecule has 0 aromatic rings. The molecular formula is C19H26O7. The van der Waals surface area contributed by atoms with E-state index in [4.69, 9.17) is 4.74 Å². The van der Waals surface area contributed by atoms with Crippen LogP contribution >= 0.6 is 0 Å². The summed E-state index contributed by atoms with van der Waals surface area (Å²) in [5.74, 6) is -1.74. The zero-order valence-corrected chi connectivity index (χ0v) is 15.5. The third kappa shape index (κ3) is 11.0. The molecule has 7 nitrogen and oxygen atoms in total. The van der Waals surface area contributed by atoms with Crippen molar-refractivity contribution < 1.29 is 33.4 Å². The first-order chi connectivity index (χ1) is 12.2. The van der Waals surface area contributed by atoms with Gasteiger partial charge in [-0.3, -0.25) is 0 Å². The van der Waals surface area contributed by atoms with Crippen molar-refractivity contribution in [2.24, 2.45) is 0 Å². The molecule has 144 valence electrons. The third-order valence-corrected chi connectivity index (χ3v) is 3.26. The van der Waals surface area contributed by atoms with E-state index in [1.54, 1.807) is 13.8 Å². The van der Waals surface area contributed by atoms with Gasteiger partial charge in [0.1, 0.15) is 6.10 Å². The van der Waals surface area contributed by atoms with Crippen LogP contribution in [0, 0.1) is 0 Å². The molecule has 1 aliphatic carbocycles. The van der Waals surface area contributed by atoms with Crippen LogP contribution in [-0.4, -0.2) is 37.1 Å². The molecule has 1 aliphatic heterocycles. The summed E-state index contributed by atoms with van der Waals surface area (Å²) >= 11 is 0. The molecule has 1 heterocycles. The fraction of sp³-hybridized carbons (Fsp3) is 0.474. The molecule has 2 rings (SSSR count). The van der Waals surface area contributed by atoms with Crippen molar-refractivity contribution in [3.63, 3.8) is 0 Å². The number of carbonyl (C=O) groups is 4. The highest BCUT2D eigenvalue weighted by atomic mass is 16.6. The molecule has 1 saturated carbocycles. The van der Waals surface area contributed by atoms with Gasteiger partial charge < -0.3 is 14.2 Å². The Morgan fingerprint density at radius 2 is 1.42 bits per heavy atom. The van der Waals surface area contributed by atoms with E-state index in [1.165, 1.54) is 26.4 Å². The molecule has 0 N–H and O–H groups in total. The Labute approximate surface area is 153 Å². The predicted octanol–water partition coefficient (Wildman–Crippen LogP) is 2.80. The molecule has 0 aromatic carbocycles. The van der Waals surface area contributed by atoms with Crippen LogP contribution in [0.1, 0.15) is 46.0 Å². The molecule has 0 bridgehead atoms. The second-order valence-corrected chi connectivity index (χ2v) is 5.79. The van der Waals surface area contributed by atoms with Gasteiger partial charge in [0.05, 0.1) is 7.11 Å². The first-order valence-corrected chi connectivity index (χ1v) is 8.21. The minimum atomic E-state index is -0.579. The van der Waals surface area contributed by atoms with Crippen molar-refractivity contribution in [3.05, 3.63) is 36.5 Å². The number of rotatable bonds is 3. The van der Waals surface area contributed by atoms with E-state index < -0.39 is 11.9 Å². The Bertz CT molecular complexity index is 565. The summed E-state index contributed by atoms with van der Waals surface area (Å²) in [6.45, 7) is 10.2. The zero-order chi connectivity index (χ0) is 20.1. The van der Waals surface area contributed by atoms with Crippen molar-refractivity contribution >= 4 is 23.9 Å². The van der Waals surface area contributed by atoms with Crippen molar-refractivity contribution in [1.29, 1.82) is 0 Å². The van der Waals surface area contributed by atoms with Gasteiger partial charge in [-0.1, -0.05) is 19.6 Å². The number of cyclic esters (lactones) is 2. The van der Waals surface area contributed by atoms with E-state index in [0.29, 0.717) is 11.1 Å². The van der Waals surface area contributed by atoms with E-state index >= 15 is 0 Å². The van der Waals surface area contributed by atoms with Crippen molar-refractivity contribution in [1.82, 2.24) is 0 Å². The number of carbonyl (C=O) groups excluding carboxylic acids is 4. The first kappa shape index (κ1) is 23.3. The van der Waals surface area contributed by atoms with Crippen molar-refractivity contribution in [2.45, 2.75) is 52.1 Å². The lowest BCUT2D eigenvalue weighted by Crippen LogP contribution is -2.20. The Morgan fingerprint density at radius 1 is 0.962 bits per heavy atom. The van der Waals surface area contributed by atoms with E-state index in [0.717, 1.165) is 25.0 Å². The number of hydrogen-bond acceptors (Lipinski definition) is 7. The molecule has 2 aliphatic rings. The largest absolute Gasteiger partial charge is 0.466 e. The van der Waals surface area contributed by atoms with Crippen LogP contribution < -0.4 is 0 Å². The number of ether oxygens (including phenoxy) is 3. The van der Waals surface area contributed by atoms with Crippen LogP contribution in [-0.2, 0) is 33.4 Å². The Morgan fingerprint density at radius 3 is 1.69 bits per heavy atom. The average molecular weight is 366 g/mol. The second-order valence-electron chi connectivity index (χ2n) is 5.79. The topological polar surface area (TPSA) is 96.0 Å². The quantitative estimate of drug-likeness (QED) is 0.328. The van der Waals surface area contributed by atoms with Crippen molar-refractivity contribution in [3.8, 4) is 0 Å². The molecule has 0 amide bonds. The lowest BCUT2D eigenvalue weighted by molar-refractivity contribution is -0.150. The summed E-state index contributed by atoms with van der Waals surface area (Å²) in [6, 6.07) is 0. The number of esters is 4. The maximum Gasteiger partial charge on any atom is 0.338 e.